The van der Waals surface area contributed by atoms with Crippen LogP contribution >= 0.6 is 0 Å². The molecule has 1 amide bonds. The maximum absolute atomic E-state index is 11.6. The summed E-state index contributed by atoms with van der Waals surface area (Å²) >= 11 is 0. The average molecular weight is 252 g/mol. The van der Waals surface area contributed by atoms with E-state index in [4.69, 9.17) is 15.6 Å². The van der Waals surface area contributed by atoms with E-state index in [-0.39, 0.29) is 30.5 Å². The van der Waals surface area contributed by atoms with Crippen molar-refractivity contribution >= 4 is 5.91 Å². The lowest BCUT2D eigenvalue weighted by atomic mass is 10.1. The van der Waals surface area contributed by atoms with Gasteiger partial charge in [-0.1, -0.05) is 6.58 Å². The zero-order valence-electron chi connectivity index (χ0n) is 9.85. The fourth-order valence-electron chi connectivity index (χ4n) is 1.89. The molecule has 0 spiro atoms. The molecule has 5 N–H and O–H groups in total. The first-order valence-corrected chi connectivity index (χ1v) is 5.67. The first kappa shape index (κ1) is 12.6. The molecule has 98 valence electrons. The molecule has 1 fully saturated rings. The zero-order valence-corrected chi connectivity index (χ0v) is 9.85. The van der Waals surface area contributed by atoms with E-state index in [1.165, 1.54) is 0 Å². The largest absolute Gasteiger partial charge is 0.394 e. The van der Waals surface area contributed by atoms with Crippen molar-refractivity contribution in [2.24, 2.45) is 5.73 Å². The van der Waals surface area contributed by atoms with E-state index >= 15 is 0 Å². The van der Waals surface area contributed by atoms with E-state index in [2.05, 4.69) is 21.9 Å². The number of ether oxygens (including phenoxy) is 1. The summed E-state index contributed by atoms with van der Waals surface area (Å²) in [5.74, 6) is -0.214. The van der Waals surface area contributed by atoms with Crippen LogP contribution in [0.3, 0.4) is 0 Å². The molecule has 1 aromatic heterocycles. The maximum Gasteiger partial charge on any atom is 0.292 e. The number of aliphatic hydroxyl groups is 1. The van der Waals surface area contributed by atoms with Gasteiger partial charge >= 0.3 is 0 Å². The summed E-state index contributed by atoms with van der Waals surface area (Å²) in [6.07, 6.45) is 2.84. The molecule has 7 nitrogen and oxygen atoms in total. The second-order valence-electron chi connectivity index (χ2n) is 4.17. The number of nitrogens with one attached hydrogen (secondary N) is 2. The van der Waals surface area contributed by atoms with Gasteiger partial charge in [-0.25, -0.2) is 4.98 Å². The number of nitrogens with two attached hydrogens (primary N) is 1. The number of imidazole rings is 1. The molecule has 2 rings (SSSR count). The van der Waals surface area contributed by atoms with Crippen molar-refractivity contribution in [3.63, 3.8) is 0 Å². The number of aliphatic hydroxyl groups excluding tert-OH is 1. The summed E-state index contributed by atoms with van der Waals surface area (Å²) in [4.78, 5) is 18.4. The number of nitrogens with zero attached hydrogens (tertiary/aromatic N) is 1. The molecule has 0 unspecified atom stereocenters. The molecule has 0 saturated carbocycles. The van der Waals surface area contributed by atoms with Gasteiger partial charge in [-0.05, 0) is 12.8 Å². The van der Waals surface area contributed by atoms with Crippen molar-refractivity contribution in [1.82, 2.24) is 15.3 Å². The van der Waals surface area contributed by atoms with E-state index in [1.54, 1.807) is 6.20 Å². The summed E-state index contributed by atoms with van der Waals surface area (Å²) in [6.45, 7) is 3.38. The Kier molecular flexibility index (Phi) is 3.63. The number of H-pyrrole nitrogens is 1. The Balaban J connectivity index is 2.02. The second kappa shape index (κ2) is 5.19. The van der Waals surface area contributed by atoms with Crippen LogP contribution in [0.15, 0.2) is 18.6 Å². The first-order chi connectivity index (χ1) is 8.60. The third kappa shape index (κ3) is 2.69. The third-order valence-corrected chi connectivity index (χ3v) is 2.74. The van der Waals surface area contributed by atoms with Crippen LogP contribution in [-0.2, 0) is 4.74 Å². The van der Waals surface area contributed by atoms with Gasteiger partial charge < -0.3 is 25.9 Å². The second-order valence-corrected chi connectivity index (χ2v) is 4.17. The summed E-state index contributed by atoms with van der Waals surface area (Å²) < 4.78 is 5.58. The molecule has 0 bridgehead atoms. The molecule has 1 aliphatic rings. The highest BCUT2D eigenvalue weighted by molar-refractivity contribution is 5.91. The van der Waals surface area contributed by atoms with Gasteiger partial charge in [0.25, 0.3) is 5.91 Å². The number of carbonyl (C=O) groups is 1. The first-order valence-electron chi connectivity index (χ1n) is 5.67. The van der Waals surface area contributed by atoms with Crippen molar-refractivity contribution in [3.8, 4) is 0 Å². The predicted octanol–water partition coefficient (Wildman–Crippen LogP) is -0.218. The standard InChI is InChI=1S/C11H16N4O3/c1-6(12)14-11(17)10-13-4-8(15-10)9-3-2-7(5-16)18-9/h4,7,9,16H,1-3,5,12H2,(H,13,15)(H,14,17)/t7-,9+/m0/s1. The summed E-state index contributed by atoms with van der Waals surface area (Å²) in [7, 11) is 0. The number of rotatable bonds is 4. The Hall–Kier alpha value is -1.86. The quantitative estimate of drug-likeness (QED) is 0.591. The maximum atomic E-state index is 11.6. The fraction of sp³-hybridized carbons (Fsp3) is 0.455. The van der Waals surface area contributed by atoms with E-state index < -0.39 is 5.91 Å². The molecule has 2 atom stereocenters. The Morgan fingerprint density at radius 2 is 2.50 bits per heavy atom. The molecule has 1 aromatic rings. The number of aromatic nitrogens is 2. The van der Waals surface area contributed by atoms with Gasteiger partial charge in [-0.15, -0.1) is 0 Å². The Labute approximate surface area is 104 Å². The van der Waals surface area contributed by atoms with Crippen LogP contribution in [0, 0.1) is 0 Å². The predicted molar refractivity (Wildman–Crippen MR) is 63.3 cm³/mol. The van der Waals surface area contributed by atoms with Crippen molar-refractivity contribution in [3.05, 3.63) is 30.1 Å². The van der Waals surface area contributed by atoms with Crippen LogP contribution in [0.4, 0.5) is 0 Å². The van der Waals surface area contributed by atoms with Gasteiger partial charge in [0.05, 0.1) is 36.5 Å². The Bertz CT molecular complexity index is 457. The number of aromatic amines is 1. The van der Waals surface area contributed by atoms with Gasteiger partial charge in [0.15, 0.2) is 5.82 Å². The van der Waals surface area contributed by atoms with Gasteiger partial charge in [0, 0.05) is 0 Å². The molecule has 0 aliphatic carbocycles. The van der Waals surface area contributed by atoms with Gasteiger partial charge in [0.2, 0.25) is 0 Å². The topological polar surface area (TPSA) is 113 Å². The molecule has 7 heteroatoms. The lowest BCUT2D eigenvalue weighted by Gasteiger charge is -2.09. The molecule has 1 saturated heterocycles. The van der Waals surface area contributed by atoms with Gasteiger partial charge in [-0.2, -0.15) is 0 Å². The van der Waals surface area contributed by atoms with Crippen molar-refractivity contribution < 1.29 is 14.6 Å². The van der Waals surface area contributed by atoms with Crippen LogP contribution in [-0.4, -0.2) is 33.7 Å². The highest BCUT2D eigenvalue weighted by Crippen LogP contribution is 2.31. The van der Waals surface area contributed by atoms with Crippen LogP contribution in [0.2, 0.25) is 0 Å². The molecule has 0 aromatic carbocycles. The highest BCUT2D eigenvalue weighted by Gasteiger charge is 2.27. The number of hydrogen-bond donors (Lipinski definition) is 4. The van der Waals surface area contributed by atoms with Crippen LogP contribution in [0.5, 0.6) is 0 Å². The molecular weight excluding hydrogens is 236 g/mol. The normalized spacial score (nSPS) is 22.9. The van der Waals surface area contributed by atoms with E-state index in [9.17, 15) is 4.79 Å². The van der Waals surface area contributed by atoms with Crippen molar-refractivity contribution in [2.75, 3.05) is 6.61 Å². The summed E-state index contributed by atoms with van der Waals surface area (Å²) in [6, 6.07) is 0. The fourth-order valence-corrected chi connectivity index (χ4v) is 1.89. The lowest BCUT2D eigenvalue weighted by Crippen LogP contribution is -2.27. The molecule has 1 aliphatic heterocycles. The molecule has 18 heavy (non-hydrogen) atoms. The third-order valence-electron chi connectivity index (χ3n) is 2.74. The highest BCUT2D eigenvalue weighted by atomic mass is 16.5. The average Bonchev–Trinajstić information content (AvgIpc) is 2.96. The minimum atomic E-state index is -0.439. The van der Waals surface area contributed by atoms with Gasteiger partial charge in [-0.3, -0.25) is 4.79 Å². The monoisotopic (exact) mass is 252 g/mol. The van der Waals surface area contributed by atoms with E-state index in [0.717, 1.165) is 18.5 Å². The molecule has 2 heterocycles. The van der Waals surface area contributed by atoms with Crippen LogP contribution in [0.1, 0.15) is 35.3 Å². The summed E-state index contributed by atoms with van der Waals surface area (Å²) in [5, 5.41) is 11.3. The van der Waals surface area contributed by atoms with E-state index in [0.29, 0.717) is 0 Å². The Morgan fingerprint density at radius 1 is 1.72 bits per heavy atom. The van der Waals surface area contributed by atoms with Crippen molar-refractivity contribution in [1.29, 1.82) is 0 Å². The summed E-state index contributed by atoms with van der Waals surface area (Å²) in [5.41, 5.74) is 6.00. The molecular formula is C11H16N4O3. The minimum absolute atomic E-state index is 0.00494. The van der Waals surface area contributed by atoms with Gasteiger partial charge in [0.1, 0.15) is 0 Å². The zero-order chi connectivity index (χ0) is 13.1. The van der Waals surface area contributed by atoms with Crippen LogP contribution < -0.4 is 11.1 Å². The number of carbonyl (C=O) groups excluding carboxylic acids is 1. The Morgan fingerprint density at radius 3 is 3.11 bits per heavy atom. The van der Waals surface area contributed by atoms with Crippen LogP contribution in [0.25, 0.3) is 0 Å². The number of hydrogen-bond acceptors (Lipinski definition) is 5. The van der Waals surface area contributed by atoms with Crippen molar-refractivity contribution in [2.45, 2.75) is 25.0 Å². The molecule has 0 radical (unpaired) electrons. The SMILES string of the molecule is C=C(N)NC(=O)c1ncc([C@H]2CC[C@@H](CO)O2)[nH]1. The number of amides is 1. The minimum Gasteiger partial charge on any atom is -0.394 e. The lowest BCUT2D eigenvalue weighted by molar-refractivity contribution is 0.00937. The van der Waals surface area contributed by atoms with E-state index in [1.807, 2.05) is 0 Å². The smallest absolute Gasteiger partial charge is 0.292 e.